The second kappa shape index (κ2) is 9.82. The van der Waals surface area contributed by atoms with Gasteiger partial charge in [-0.3, -0.25) is 23.6 Å². The molecule has 1 amide bonds. The third-order valence-corrected chi connectivity index (χ3v) is 6.58. The van der Waals surface area contributed by atoms with E-state index in [-0.39, 0.29) is 11.5 Å². The predicted molar refractivity (Wildman–Crippen MR) is 136 cm³/mol. The summed E-state index contributed by atoms with van der Waals surface area (Å²) in [5.74, 6) is 0.926. The van der Waals surface area contributed by atoms with Crippen molar-refractivity contribution in [1.82, 2.24) is 28.5 Å². The summed E-state index contributed by atoms with van der Waals surface area (Å²) in [5, 5.41) is 0. The van der Waals surface area contributed by atoms with Gasteiger partial charge in [0.2, 0.25) is 0 Å². The van der Waals surface area contributed by atoms with Gasteiger partial charge >= 0.3 is 5.69 Å². The Morgan fingerprint density at radius 3 is 2.44 bits per heavy atom. The minimum Gasteiger partial charge on any atom is -0.459 e. The molecule has 4 aromatic rings. The number of benzene rings is 1. The van der Waals surface area contributed by atoms with E-state index < -0.39 is 5.69 Å². The number of rotatable bonds is 6. The van der Waals surface area contributed by atoms with Crippen LogP contribution in [-0.2, 0) is 27.2 Å². The fourth-order valence-electron chi connectivity index (χ4n) is 4.53. The first kappa shape index (κ1) is 23.6. The molecule has 1 saturated heterocycles. The lowest BCUT2D eigenvalue weighted by Gasteiger charge is -2.34. The molecule has 3 aromatic heterocycles. The number of hydrogen-bond acceptors (Lipinski definition) is 6. The molecule has 186 valence electrons. The molecule has 0 radical (unpaired) electrons. The quantitative estimate of drug-likeness (QED) is 0.410. The molecule has 0 unspecified atom stereocenters. The second-order valence-electron chi connectivity index (χ2n) is 8.88. The number of aromatic nitrogens is 4. The van der Waals surface area contributed by atoms with Crippen LogP contribution < -0.4 is 11.2 Å². The zero-order valence-electron chi connectivity index (χ0n) is 20.3. The predicted octanol–water partition coefficient (Wildman–Crippen LogP) is 1.70. The van der Waals surface area contributed by atoms with E-state index in [4.69, 9.17) is 9.40 Å². The molecular weight excluding hydrogens is 460 g/mol. The van der Waals surface area contributed by atoms with E-state index in [1.807, 2.05) is 47.1 Å². The smallest absolute Gasteiger partial charge is 0.332 e. The first-order chi connectivity index (χ1) is 17.4. The van der Waals surface area contributed by atoms with Gasteiger partial charge in [0, 0.05) is 46.8 Å². The maximum atomic E-state index is 13.1. The summed E-state index contributed by atoms with van der Waals surface area (Å²) in [4.78, 5) is 46.9. The number of hydrogen-bond donors (Lipinski definition) is 0. The number of carbonyl (C=O) groups is 1. The highest BCUT2D eigenvalue weighted by Crippen LogP contribution is 2.16. The van der Waals surface area contributed by atoms with Crippen LogP contribution in [0.2, 0.25) is 0 Å². The van der Waals surface area contributed by atoms with E-state index >= 15 is 0 Å². The van der Waals surface area contributed by atoms with E-state index in [2.05, 4.69) is 4.90 Å². The number of fused-ring (bicyclic) bond motifs is 1. The molecular formula is C26H28N6O4. The Hall–Kier alpha value is -4.18. The van der Waals surface area contributed by atoms with E-state index in [0.717, 1.165) is 10.1 Å². The highest BCUT2D eigenvalue weighted by atomic mass is 16.3. The molecule has 5 rings (SSSR count). The van der Waals surface area contributed by atoms with Crippen LogP contribution >= 0.6 is 0 Å². The maximum Gasteiger partial charge on any atom is 0.332 e. The number of nitrogens with zero attached hydrogens (tertiary/aromatic N) is 6. The number of aryl methyl sites for hydroxylation is 1. The van der Waals surface area contributed by atoms with Crippen LogP contribution in [0.25, 0.3) is 17.2 Å². The summed E-state index contributed by atoms with van der Waals surface area (Å²) >= 11 is 0. The largest absolute Gasteiger partial charge is 0.459 e. The van der Waals surface area contributed by atoms with Gasteiger partial charge in [0.05, 0.1) is 12.8 Å². The molecule has 1 aromatic carbocycles. The molecule has 36 heavy (non-hydrogen) atoms. The van der Waals surface area contributed by atoms with Gasteiger partial charge in [-0.2, -0.15) is 0 Å². The van der Waals surface area contributed by atoms with Crippen molar-refractivity contribution in [2.75, 3.05) is 26.2 Å². The molecule has 1 aliphatic heterocycles. The molecule has 0 saturated carbocycles. The van der Waals surface area contributed by atoms with E-state index in [0.29, 0.717) is 62.0 Å². The standard InChI is InChI=1S/C26H28N6O4/c1-28-23-22(25(34)29(2)26(28)35)32(12-6-10-19-8-4-3-5-9-19)21(27-23)18-30-13-15-31(16-14-30)24(33)20-11-7-17-36-20/h3-11,17H,12-16,18H2,1-2H3. The van der Waals surface area contributed by atoms with Crippen LogP contribution in [0.4, 0.5) is 0 Å². The van der Waals surface area contributed by atoms with Crippen LogP contribution in [0.3, 0.4) is 0 Å². The Morgan fingerprint density at radius 2 is 1.75 bits per heavy atom. The first-order valence-electron chi connectivity index (χ1n) is 11.9. The van der Waals surface area contributed by atoms with Crippen LogP contribution in [-0.4, -0.2) is 60.6 Å². The minimum absolute atomic E-state index is 0.114. The number of amides is 1. The van der Waals surface area contributed by atoms with Crippen molar-refractivity contribution in [2.24, 2.45) is 14.1 Å². The fourth-order valence-corrected chi connectivity index (χ4v) is 4.53. The first-order valence-corrected chi connectivity index (χ1v) is 11.9. The van der Waals surface area contributed by atoms with Gasteiger partial charge < -0.3 is 13.9 Å². The normalized spacial score (nSPS) is 14.8. The molecule has 0 aliphatic carbocycles. The Balaban J connectivity index is 1.41. The van der Waals surface area contributed by atoms with E-state index in [1.54, 1.807) is 24.1 Å². The average molecular weight is 489 g/mol. The van der Waals surface area contributed by atoms with Crippen LogP contribution in [0.15, 0.2) is 68.8 Å². The topological polar surface area (TPSA) is 98.5 Å². The lowest BCUT2D eigenvalue weighted by molar-refractivity contribution is 0.0594. The molecule has 0 atom stereocenters. The molecule has 4 heterocycles. The van der Waals surface area contributed by atoms with Gasteiger partial charge in [0.1, 0.15) is 5.82 Å². The molecule has 1 fully saturated rings. The lowest BCUT2D eigenvalue weighted by atomic mass is 10.2. The molecule has 10 nitrogen and oxygen atoms in total. The summed E-state index contributed by atoms with van der Waals surface area (Å²) < 4.78 is 9.66. The van der Waals surface area contributed by atoms with Crippen LogP contribution in [0.5, 0.6) is 0 Å². The Kier molecular flexibility index (Phi) is 6.43. The summed E-state index contributed by atoms with van der Waals surface area (Å²) in [6.45, 7) is 3.37. The summed E-state index contributed by atoms with van der Waals surface area (Å²) in [5.41, 5.74) is 1.06. The Morgan fingerprint density at radius 1 is 1.00 bits per heavy atom. The third kappa shape index (κ3) is 4.42. The molecule has 10 heteroatoms. The van der Waals surface area contributed by atoms with Gasteiger partial charge in [-0.15, -0.1) is 0 Å². The van der Waals surface area contributed by atoms with Gasteiger partial charge in [-0.1, -0.05) is 42.5 Å². The monoisotopic (exact) mass is 488 g/mol. The molecule has 1 aliphatic rings. The van der Waals surface area contributed by atoms with Crippen LogP contribution in [0, 0.1) is 0 Å². The molecule has 0 N–H and O–H groups in total. The van der Waals surface area contributed by atoms with Gasteiger partial charge in [0.15, 0.2) is 16.9 Å². The highest BCUT2D eigenvalue weighted by molar-refractivity contribution is 5.91. The van der Waals surface area contributed by atoms with Crippen molar-refractivity contribution in [3.05, 3.63) is 92.8 Å². The van der Waals surface area contributed by atoms with Crippen LogP contribution in [0.1, 0.15) is 21.9 Å². The lowest BCUT2D eigenvalue weighted by Crippen LogP contribution is -2.48. The number of furan rings is 1. The number of piperazine rings is 1. The Bertz CT molecular complexity index is 1520. The van der Waals surface area contributed by atoms with Crippen molar-refractivity contribution >= 4 is 23.1 Å². The molecule has 0 spiro atoms. The second-order valence-corrected chi connectivity index (χ2v) is 8.88. The number of imidazole rings is 1. The summed E-state index contributed by atoms with van der Waals surface area (Å²) in [6.07, 6.45) is 5.49. The average Bonchev–Trinajstić information content (AvgIpc) is 3.56. The van der Waals surface area contributed by atoms with Gasteiger partial charge in [0.25, 0.3) is 11.5 Å². The minimum atomic E-state index is -0.409. The van der Waals surface area contributed by atoms with Crippen molar-refractivity contribution in [2.45, 2.75) is 13.1 Å². The van der Waals surface area contributed by atoms with Crippen molar-refractivity contribution in [3.63, 3.8) is 0 Å². The van der Waals surface area contributed by atoms with Gasteiger partial charge in [-0.05, 0) is 17.7 Å². The summed E-state index contributed by atoms with van der Waals surface area (Å²) in [6, 6.07) is 13.3. The van der Waals surface area contributed by atoms with E-state index in [1.165, 1.54) is 17.9 Å². The fraction of sp³-hybridized carbons (Fsp3) is 0.308. The number of allylic oxidation sites excluding steroid dienone is 1. The third-order valence-electron chi connectivity index (χ3n) is 6.58. The SMILES string of the molecule is Cn1c(=O)c2c(nc(CN3CCN(C(=O)c4ccco4)CC3)n2CC=Cc2ccccc2)n(C)c1=O. The Labute approximate surface area is 207 Å². The number of carbonyl (C=O) groups excluding carboxylic acids is 1. The maximum absolute atomic E-state index is 13.1. The van der Waals surface area contributed by atoms with E-state index in [9.17, 15) is 14.4 Å². The zero-order chi connectivity index (χ0) is 25.2. The zero-order valence-corrected chi connectivity index (χ0v) is 20.3. The highest BCUT2D eigenvalue weighted by Gasteiger charge is 2.26. The summed E-state index contributed by atoms with van der Waals surface area (Å²) in [7, 11) is 3.11. The van der Waals surface area contributed by atoms with Crippen molar-refractivity contribution < 1.29 is 9.21 Å². The van der Waals surface area contributed by atoms with Crippen molar-refractivity contribution in [3.8, 4) is 0 Å². The molecule has 0 bridgehead atoms. The van der Waals surface area contributed by atoms with Gasteiger partial charge in [-0.25, -0.2) is 9.78 Å². The van der Waals surface area contributed by atoms with Crippen molar-refractivity contribution in [1.29, 1.82) is 0 Å².